The summed E-state index contributed by atoms with van der Waals surface area (Å²) in [6.45, 7) is 1.16. The van der Waals surface area contributed by atoms with Crippen LogP contribution < -0.4 is 5.32 Å². The monoisotopic (exact) mass is 193 g/mol. The second-order valence-corrected chi connectivity index (χ2v) is 4.50. The lowest BCUT2D eigenvalue weighted by Crippen LogP contribution is -2.52. The van der Waals surface area contributed by atoms with Crippen LogP contribution in [0.5, 0.6) is 0 Å². The van der Waals surface area contributed by atoms with E-state index in [4.69, 9.17) is 11.6 Å². The summed E-state index contributed by atoms with van der Waals surface area (Å²) in [5, 5.41) is 4.41. The number of benzene rings is 1. The minimum atomic E-state index is 0.306. The summed E-state index contributed by atoms with van der Waals surface area (Å²) in [6.07, 6.45) is 3.74. The van der Waals surface area contributed by atoms with Gasteiger partial charge in [0.25, 0.3) is 0 Å². The van der Waals surface area contributed by atoms with Gasteiger partial charge < -0.3 is 5.32 Å². The predicted molar refractivity (Wildman–Crippen MR) is 54.1 cm³/mol. The molecule has 1 aliphatic heterocycles. The molecule has 1 N–H and O–H groups in total. The molecule has 1 heterocycles. The molecule has 68 valence electrons. The van der Waals surface area contributed by atoms with Gasteiger partial charge in [0.15, 0.2) is 0 Å². The van der Waals surface area contributed by atoms with E-state index in [1.54, 1.807) is 0 Å². The molecular formula is C11H12ClN. The van der Waals surface area contributed by atoms with Crippen LogP contribution in [0.2, 0.25) is 5.02 Å². The quantitative estimate of drug-likeness (QED) is 0.668. The fourth-order valence-corrected chi connectivity index (χ4v) is 2.74. The van der Waals surface area contributed by atoms with Crippen LogP contribution in [0.4, 0.5) is 0 Å². The van der Waals surface area contributed by atoms with Gasteiger partial charge in [-0.25, -0.2) is 0 Å². The molecule has 1 nitrogen and oxygen atoms in total. The second kappa shape index (κ2) is 2.49. The Kier molecular flexibility index (Phi) is 1.50. The number of halogens is 1. The van der Waals surface area contributed by atoms with Crippen LogP contribution in [-0.2, 0) is 12.0 Å². The smallest absolute Gasteiger partial charge is 0.0453 e. The molecule has 1 fully saturated rings. The molecule has 0 saturated carbocycles. The molecule has 0 unspecified atom stereocenters. The molecule has 0 aromatic heterocycles. The van der Waals surface area contributed by atoms with Crippen molar-refractivity contribution in [1.82, 2.24) is 5.32 Å². The highest BCUT2D eigenvalue weighted by atomic mass is 35.5. The van der Waals surface area contributed by atoms with Gasteiger partial charge in [0.1, 0.15) is 0 Å². The Morgan fingerprint density at radius 2 is 2.15 bits per heavy atom. The van der Waals surface area contributed by atoms with Gasteiger partial charge in [-0.3, -0.25) is 0 Å². The van der Waals surface area contributed by atoms with Crippen molar-refractivity contribution < 1.29 is 0 Å². The molecule has 0 amide bonds. The molecule has 0 bridgehead atoms. The van der Waals surface area contributed by atoms with Crippen LogP contribution in [0.15, 0.2) is 18.2 Å². The van der Waals surface area contributed by atoms with Crippen molar-refractivity contribution in [3.63, 3.8) is 0 Å². The lowest BCUT2D eigenvalue weighted by molar-refractivity contribution is 0.210. The Morgan fingerprint density at radius 3 is 2.85 bits per heavy atom. The zero-order chi connectivity index (χ0) is 8.89. The number of hydrogen-bond acceptors (Lipinski definition) is 1. The molecule has 2 aliphatic rings. The molecule has 1 aromatic rings. The molecule has 3 rings (SSSR count). The first-order valence-electron chi connectivity index (χ1n) is 4.84. The lowest BCUT2D eigenvalue weighted by Gasteiger charge is -2.41. The molecule has 0 radical (unpaired) electrons. The predicted octanol–water partition coefficient (Wildman–Crippen LogP) is 2.47. The van der Waals surface area contributed by atoms with Crippen LogP contribution in [0, 0.1) is 0 Å². The fraction of sp³-hybridized carbons (Fsp3) is 0.455. The number of nitrogens with one attached hydrogen (secondary N) is 1. The summed E-state index contributed by atoms with van der Waals surface area (Å²) >= 11 is 6.00. The van der Waals surface area contributed by atoms with E-state index in [9.17, 15) is 0 Å². The summed E-state index contributed by atoms with van der Waals surface area (Å²) in [5.74, 6) is 0. The van der Waals surface area contributed by atoms with E-state index in [1.165, 1.54) is 30.4 Å². The molecule has 1 aromatic carbocycles. The van der Waals surface area contributed by atoms with Crippen molar-refractivity contribution in [2.75, 3.05) is 6.54 Å². The van der Waals surface area contributed by atoms with Crippen LogP contribution >= 0.6 is 11.6 Å². The largest absolute Gasteiger partial charge is 0.307 e. The molecule has 1 saturated heterocycles. The van der Waals surface area contributed by atoms with Crippen molar-refractivity contribution >= 4 is 11.6 Å². The van der Waals surface area contributed by atoms with E-state index in [0.717, 1.165) is 11.6 Å². The number of rotatable bonds is 0. The Balaban J connectivity index is 2.14. The Labute approximate surface area is 83.1 Å². The average Bonchev–Trinajstić information content (AvgIpc) is 2.41. The zero-order valence-electron chi connectivity index (χ0n) is 7.44. The maximum atomic E-state index is 6.00. The normalized spacial score (nSPS) is 30.2. The molecule has 1 aliphatic carbocycles. The zero-order valence-corrected chi connectivity index (χ0v) is 8.19. The van der Waals surface area contributed by atoms with Crippen molar-refractivity contribution in [3.8, 4) is 0 Å². The summed E-state index contributed by atoms with van der Waals surface area (Å²) in [6, 6.07) is 6.31. The Morgan fingerprint density at radius 1 is 1.31 bits per heavy atom. The Hall–Kier alpha value is -0.530. The lowest BCUT2D eigenvalue weighted by atomic mass is 9.82. The third-order valence-electron chi connectivity index (χ3n) is 3.42. The van der Waals surface area contributed by atoms with E-state index in [2.05, 4.69) is 17.4 Å². The summed E-state index contributed by atoms with van der Waals surface area (Å²) < 4.78 is 0. The topological polar surface area (TPSA) is 12.0 Å². The van der Waals surface area contributed by atoms with Gasteiger partial charge in [-0.15, -0.1) is 0 Å². The van der Waals surface area contributed by atoms with Gasteiger partial charge in [-0.1, -0.05) is 17.7 Å². The van der Waals surface area contributed by atoms with Gasteiger partial charge in [-0.2, -0.15) is 0 Å². The number of fused-ring (bicyclic) bond motifs is 2. The second-order valence-electron chi connectivity index (χ2n) is 4.06. The first-order valence-corrected chi connectivity index (χ1v) is 5.22. The molecule has 13 heavy (non-hydrogen) atoms. The van der Waals surface area contributed by atoms with E-state index in [-0.39, 0.29) is 0 Å². The first kappa shape index (κ1) is 7.84. The van der Waals surface area contributed by atoms with Gasteiger partial charge >= 0.3 is 0 Å². The molecular weight excluding hydrogens is 182 g/mol. The van der Waals surface area contributed by atoms with Crippen LogP contribution in [-0.4, -0.2) is 6.54 Å². The van der Waals surface area contributed by atoms with Crippen molar-refractivity contribution in [1.29, 1.82) is 0 Å². The van der Waals surface area contributed by atoms with Gasteiger partial charge in [-0.05, 0) is 49.1 Å². The van der Waals surface area contributed by atoms with Crippen molar-refractivity contribution in [2.24, 2.45) is 0 Å². The van der Waals surface area contributed by atoms with E-state index < -0.39 is 0 Å². The maximum Gasteiger partial charge on any atom is 0.0453 e. The summed E-state index contributed by atoms with van der Waals surface area (Å²) in [5.41, 5.74) is 3.24. The van der Waals surface area contributed by atoms with E-state index in [0.29, 0.717) is 5.54 Å². The van der Waals surface area contributed by atoms with Crippen LogP contribution in [0.25, 0.3) is 0 Å². The summed E-state index contributed by atoms with van der Waals surface area (Å²) in [7, 11) is 0. The summed E-state index contributed by atoms with van der Waals surface area (Å²) in [4.78, 5) is 0. The standard InChI is InChI=1S/C11H12ClN/c12-9-2-1-8-3-4-11(5-6-13-11)10(8)7-9/h1-2,7,13H,3-6H2/t11-/m0/s1. The van der Waals surface area contributed by atoms with Crippen LogP contribution in [0.1, 0.15) is 24.0 Å². The van der Waals surface area contributed by atoms with Crippen molar-refractivity contribution in [2.45, 2.75) is 24.8 Å². The van der Waals surface area contributed by atoms with Crippen molar-refractivity contribution in [3.05, 3.63) is 34.3 Å². The van der Waals surface area contributed by atoms with E-state index in [1.807, 2.05) is 6.07 Å². The highest BCUT2D eigenvalue weighted by Gasteiger charge is 2.43. The number of aryl methyl sites for hydroxylation is 1. The highest BCUT2D eigenvalue weighted by Crippen LogP contribution is 2.44. The molecule has 2 heteroatoms. The third-order valence-corrected chi connectivity index (χ3v) is 3.66. The average molecular weight is 194 g/mol. The van der Waals surface area contributed by atoms with Gasteiger partial charge in [0, 0.05) is 10.6 Å². The minimum Gasteiger partial charge on any atom is -0.307 e. The Bertz CT molecular complexity index is 355. The number of hydrogen-bond donors (Lipinski definition) is 1. The maximum absolute atomic E-state index is 6.00. The molecule has 1 spiro atoms. The minimum absolute atomic E-state index is 0.306. The van der Waals surface area contributed by atoms with Crippen LogP contribution in [0.3, 0.4) is 0 Å². The fourth-order valence-electron chi connectivity index (χ4n) is 2.56. The third kappa shape index (κ3) is 0.976. The van der Waals surface area contributed by atoms with Gasteiger partial charge in [0.05, 0.1) is 0 Å². The highest BCUT2D eigenvalue weighted by molar-refractivity contribution is 6.30. The first-order chi connectivity index (χ1) is 6.30. The van der Waals surface area contributed by atoms with E-state index >= 15 is 0 Å². The van der Waals surface area contributed by atoms with Gasteiger partial charge in [0.2, 0.25) is 0 Å². The molecule has 1 atom stereocenters. The SMILES string of the molecule is Clc1ccc2c(c1)[C@@]1(CCN1)CC2.